The molecule has 98 valence electrons. The van der Waals surface area contributed by atoms with E-state index < -0.39 is 0 Å². The average Bonchev–Trinajstić information content (AvgIpc) is 2.43. The van der Waals surface area contributed by atoms with Gasteiger partial charge in [-0.3, -0.25) is 0 Å². The monoisotopic (exact) mass is 253 g/mol. The lowest BCUT2D eigenvalue weighted by Gasteiger charge is -2.26. The van der Waals surface area contributed by atoms with Crippen LogP contribution in [0.25, 0.3) is 11.1 Å². The first-order valence-electron chi connectivity index (χ1n) is 6.91. The quantitative estimate of drug-likeness (QED) is 0.882. The second-order valence-corrected chi connectivity index (χ2v) is 5.05. The molecule has 2 aromatic carbocycles. The molecular weight excluding hydrogens is 234 g/mol. The molecule has 0 amide bonds. The third-order valence-corrected chi connectivity index (χ3v) is 3.62. The van der Waals surface area contributed by atoms with E-state index in [9.17, 15) is 0 Å². The summed E-state index contributed by atoms with van der Waals surface area (Å²) in [6, 6.07) is 18.8. The summed E-state index contributed by atoms with van der Waals surface area (Å²) in [6.45, 7) is 3.11. The van der Waals surface area contributed by atoms with Gasteiger partial charge < -0.3 is 10.1 Å². The van der Waals surface area contributed by atoms with Crippen LogP contribution >= 0.6 is 0 Å². The highest BCUT2D eigenvalue weighted by atomic mass is 16.5. The van der Waals surface area contributed by atoms with Crippen molar-refractivity contribution in [2.24, 2.45) is 5.92 Å². The maximum atomic E-state index is 5.78. The van der Waals surface area contributed by atoms with E-state index in [0.29, 0.717) is 0 Å². The molecule has 3 rings (SSSR count). The van der Waals surface area contributed by atoms with Gasteiger partial charge in [-0.05, 0) is 48.7 Å². The largest absolute Gasteiger partial charge is 0.494 e. The molecule has 0 saturated carbocycles. The first-order valence-corrected chi connectivity index (χ1v) is 6.91. The molecule has 19 heavy (non-hydrogen) atoms. The number of ether oxygens (including phenoxy) is 1. The summed E-state index contributed by atoms with van der Waals surface area (Å²) in [5.74, 6) is 1.77. The topological polar surface area (TPSA) is 21.3 Å². The summed E-state index contributed by atoms with van der Waals surface area (Å²) in [7, 11) is 0. The molecule has 0 aromatic heterocycles. The molecule has 2 aromatic rings. The second kappa shape index (κ2) is 5.89. The maximum Gasteiger partial charge on any atom is 0.119 e. The van der Waals surface area contributed by atoms with Crippen LogP contribution in [0.3, 0.4) is 0 Å². The van der Waals surface area contributed by atoms with Crippen molar-refractivity contribution in [1.29, 1.82) is 0 Å². The zero-order chi connectivity index (χ0) is 12.9. The van der Waals surface area contributed by atoms with Gasteiger partial charge in [-0.15, -0.1) is 0 Å². The minimum Gasteiger partial charge on any atom is -0.494 e. The minimum absolute atomic E-state index is 0.809. The highest BCUT2D eigenvalue weighted by molar-refractivity contribution is 5.63. The van der Waals surface area contributed by atoms with Gasteiger partial charge >= 0.3 is 0 Å². The molecule has 2 nitrogen and oxygen atoms in total. The molecule has 0 unspecified atom stereocenters. The normalized spacial score (nSPS) is 14.9. The minimum atomic E-state index is 0.809. The summed E-state index contributed by atoms with van der Waals surface area (Å²) in [5.41, 5.74) is 2.48. The molecule has 0 radical (unpaired) electrons. The lowest BCUT2D eigenvalue weighted by Crippen LogP contribution is -2.42. The van der Waals surface area contributed by atoms with Gasteiger partial charge in [-0.1, -0.05) is 42.5 Å². The summed E-state index contributed by atoms with van der Waals surface area (Å²) in [5, 5.41) is 3.28. The van der Waals surface area contributed by atoms with E-state index in [1.807, 2.05) is 6.07 Å². The Hall–Kier alpha value is -1.80. The lowest BCUT2D eigenvalue weighted by atomic mass is 10.0. The second-order valence-electron chi connectivity index (χ2n) is 5.05. The molecule has 2 heteroatoms. The van der Waals surface area contributed by atoms with Crippen LogP contribution in [-0.4, -0.2) is 19.7 Å². The third kappa shape index (κ3) is 3.15. The Balaban J connectivity index is 1.56. The molecule has 0 spiro atoms. The number of benzene rings is 2. The molecule has 1 aliphatic rings. The zero-order valence-corrected chi connectivity index (χ0v) is 11.0. The standard InChI is InChI=1S/C17H19NO/c1-2-4-15(5-3-1)16-6-8-17(9-7-16)19-11-10-14-12-18-13-14/h1-9,14,18H,10-13H2. The SMILES string of the molecule is c1ccc(-c2ccc(OCCC3CNC3)cc2)cc1. The van der Waals surface area contributed by atoms with E-state index in [1.165, 1.54) is 11.1 Å². The van der Waals surface area contributed by atoms with Crippen molar-refractivity contribution >= 4 is 0 Å². The average molecular weight is 253 g/mol. The van der Waals surface area contributed by atoms with Crippen LogP contribution in [0.1, 0.15) is 6.42 Å². The van der Waals surface area contributed by atoms with Crippen molar-refractivity contribution in [1.82, 2.24) is 5.32 Å². The highest BCUT2D eigenvalue weighted by Gasteiger charge is 2.15. The van der Waals surface area contributed by atoms with E-state index in [-0.39, 0.29) is 0 Å². The van der Waals surface area contributed by atoms with E-state index in [4.69, 9.17) is 4.74 Å². The van der Waals surface area contributed by atoms with Crippen LogP contribution < -0.4 is 10.1 Å². The van der Waals surface area contributed by atoms with Crippen LogP contribution in [0.5, 0.6) is 5.75 Å². The van der Waals surface area contributed by atoms with Crippen LogP contribution in [0.15, 0.2) is 54.6 Å². The first kappa shape index (κ1) is 12.2. The third-order valence-electron chi connectivity index (χ3n) is 3.62. The van der Waals surface area contributed by atoms with Gasteiger partial charge in [0, 0.05) is 0 Å². The predicted octanol–water partition coefficient (Wildman–Crippen LogP) is 3.34. The van der Waals surface area contributed by atoms with Gasteiger partial charge in [-0.25, -0.2) is 0 Å². The molecule has 1 heterocycles. The van der Waals surface area contributed by atoms with Gasteiger partial charge in [0.05, 0.1) is 6.61 Å². The van der Waals surface area contributed by atoms with Gasteiger partial charge in [0.2, 0.25) is 0 Å². The van der Waals surface area contributed by atoms with Gasteiger partial charge in [-0.2, -0.15) is 0 Å². The number of nitrogens with one attached hydrogen (secondary N) is 1. The van der Waals surface area contributed by atoms with Crippen LogP contribution in [0, 0.1) is 5.92 Å². The van der Waals surface area contributed by atoms with Crippen molar-refractivity contribution in [3.63, 3.8) is 0 Å². The fourth-order valence-corrected chi connectivity index (χ4v) is 2.27. The molecule has 1 fully saturated rings. The number of hydrogen-bond acceptors (Lipinski definition) is 2. The van der Waals surface area contributed by atoms with Gasteiger partial charge in [0.1, 0.15) is 5.75 Å². The Labute approximate surface area is 114 Å². The number of hydrogen-bond donors (Lipinski definition) is 1. The Kier molecular flexibility index (Phi) is 3.80. The van der Waals surface area contributed by atoms with Crippen LogP contribution in [-0.2, 0) is 0 Å². The lowest BCUT2D eigenvalue weighted by molar-refractivity contribution is 0.238. The van der Waals surface area contributed by atoms with Gasteiger partial charge in [0.25, 0.3) is 0 Å². The first-order chi connectivity index (χ1) is 9.42. The predicted molar refractivity (Wildman–Crippen MR) is 78.3 cm³/mol. The summed E-state index contributed by atoms with van der Waals surface area (Å²) < 4.78 is 5.78. The van der Waals surface area contributed by atoms with Crippen molar-refractivity contribution in [2.45, 2.75) is 6.42 Å². The summed E-state index contributed by atoms with van der Waals surface area (Å²) in [6.07, 6.45) is 1.15. The molecule has 0 bridgehead atoms. The molecule has 1 saturated heterocycles. The molecular formula is C17H19NO. The van der Waals surface area contributed by atoms with Crippen LogP contribution in [0.4, 0.5) is 0 Å². The van der Waals surface area contributed by atoms with Crippen molar-refractivity contribution in [3.05, 3.63) is 54.6 Å². The highest BCUT2D eigenvalue weighted by Crippen LogP contribution is 2.22. The van der Waals surface area contributed by atoms with E-state index >= 15 is 0 Å². The molecule has 0 atom stereocenters. The molecule has 0 aliphatic carbocycles. The van der Waals surface area contributed by atoms with Crippen molar-refractivity contribution < 1.29 is 4.74 Å². The van der Waals surface area contributed by atoms with E-state index in [2.05, 4.69) is 53.8 Å². The maximum absolute atomic E-state index is 5.78. The Morgan fingerprint density at radius 3 is 2.21 bits per heavy atom. The molecule has 1 aliphatic heterocycles. The summed E-state index contributed by atoms with van der Waals surface area (Å²) >= 11 is 0. The Morgan fingerprint density at radius 1 is 0.895 bits per heavy atom. The van der Waals surface area contributed by atoms with E-state index in [0.717, 1.165) is 37.8 Å². The van der Waals surface area contributed by atoms with Crippen LogP contribution in [0.2, 0.25) is 0 Å². The molecule has 1 N–H and O–H groups in total. The Bertz CT molecular complexity index is 503. The fourth-order valence-electron chi connectivity index (χ4n) is 2.27. The summed E-state index contributed by atoms with van der Waals surface area (Å²) in [4.78, 5) is 0. The smallest absolute Gasteiger partial charge is 0.119 e. The van der Waals surface area contributed by atoms with E-state index in [1.54, 1.807) is 0 Å². The Morgan fingerprint density at radius 2 is 1.58 bits per heavy atom. The fraction of sp³-hybridized carbons (Fsp3) is 0.294. The van der Waals surface area contributed by atoms with Gasteiger partial charge in [0.15, 0.2) is 0 Å². The van der Waals surface area contributed by atoms with Crippen molar-refractivity contribution in [3.8, 4) is 16.9 Å². The van der Waals surface area contributed by atoms with Crippen molar-refractivity contribution in [2.75, 3.05) is 19.7 Å². The number of rotatable bonds is 5. The zero-order valence-electron chi connectivity index (χ0n) is 11.0.